The van der Waals surface area contributed by atoms with Crippen molar-refractivity contribution in [1.29, 1.82) is 0 Å². The van der Waals surface area contributed by atoms with Gasteiger partial charge in [-0.1, -0.05) is 71.1 Å². The Bertz CT molecular complexity index is 374. The monoisotopic (exact) mass is 430 g/mol. The smallest absolute Gasteiger partial charge is 0.119 e. The Hall–Kier alpha value is -0.250. The van der Waals surface area contributed by atoms with Gasteiger partial charge in [0, 0.05) is 3.57 Å². The number of rotatable bonds is 14. The lowest BCUT2D eigenvalue weighted by molar-refractivity contribution is 0.206. The lowest BCUT2D eigenvalue weighted by Gasteiger charge is -2.14. The summed E-state index contributed by atoms with van der Waals surface area (Å²) in [6.45, 7) is 4.47. The Labute approximate surface area is 157 Å². The van der Waals surface area contributed by atoms with Crippen molar-refractivity contribution in [3.05, 3.63) is 27.8 Å². The zero-order valence-corrected chi connectivity index (χ0v) is 17.3. The van der Waals surface area contributed by atoms with Crippen LogP contribution in [0.1, 0.15) is 90.9 Å². The molecule has 1 aromatic rings. The Morgan fingerprint density at radius 2 is 1.26 bits per heavy atom. The number of ether oxygens (including phenoxy) is 1. The number of hydrogen-bond donors (Lipinski definition) is 0. The molecule has 0 fully saturated rings. The maximum atomic E-state index is 5.96. The molecule has 1 rings (SSSR count). The Balaban J connectivity index is 1.89. The molecule has 0 aliphatic carbocycles. The zero-order chi connectivity index (χ0) is 16.8. The van der Waals surface area contributed by atoms with Crippen LogP contribution in [0.2, 0.25) is 0 Å². The molecule has 0 saturated carbocycles. The van der Waals surface area contributed by atoms with Gasteiger partial charge in [-0.3, -0.25) is 0 Å². The van der Waals surface area contributed by atoms with Gasteiger partial charge in [0.15, 0.2) is 0 Å². The van der Waals surface area contributed by atoms with Crippen LogP contribution in [-0.4, -0.2) is 6.10 Å². The van der Waals surface area contributed by atoms with Gasteiger partial charge in [-0.2, -0.15) is 0 Å². The van der Waals surface area contributed by atoms with Crippen molar-refractivity contribution in [2.45, 2.75) is 97.0 Å². The van der Waals surface area contributed by atoms with Crippen LogP contribution in [0.25, 0.3) is 0 Å². The van der Waals surface area contributed by atoms with E-state index in [0.717, 1.165) is 5.75 Å². The molecule has 0 aliphatic heterocycles. The predicted octanol–water partition coefficient (Wildman–Crippen LogP) is 7.76. The molecule has 1 nitrogen and oxygen atoms in total. The van der Waals surface area contributed by atoms with Crippen LogP contribution >= 0.6 is 22.6 Å². The normalized spacial score (nSPS) is 12.3. The fourth-order valence-electron chi connectivity index (χ4n) is 2.90. The summed E-state index contributed by atoms with van der Waals surface area (Å²) in [6.07, 6.45) is 16.9. The summed E-state index contributed by atoms with van der Waals surface area (Å²) in [7, 11) is 0. The molecule has 0 bridgehead atoms. The lowest BCUT2D eigenvalue weighted by atomic mass is 10.0. The minimum absolute atomic E-state index is 0.327. The molecule has 1 atom stereocenters. The second kappa shape index (κ2) is 14.1. The van der Waals surface area contributed by atoms with Gasteiger partial charge in [-0.05, 0) is 66.6 Å². The molecule has 0 saturated heterocycles. The Kier molecular flexibility index (Phi) is 12.8. The van der Waals surface area contributed by atoms with Gasteiger partial charge in [0.2, 0.25) is 0 Å². The topological polar surface area (TPSA) is 9.23 Å². The second-order valence-electron chi connectivity index (χ2n) is 6.71. The van der Waals surface area contributed by atoms with Crippen LogP contribution in [0, 0.1) is 3.57 Å². The summed E-state index contributed by atoms with van der Waals surface area (Å²) in [6, 6.07) is 8.34. The zero-order valence-electron chi connectivity index (χ0n) is 15.2. The van der Waals surface area contributed by atoms with Crippen LogP contribution in [0.5, 0.6) is 5.75 Å². The standard InChI is InChI=1S/C21H35IO/c1-3-4-5-6-7-8-9-10-11-12-13-14-19(2)23-21-17-15-20(22)16-18-21/h15-19H,3-14H2,1-2H3. The van der Waals surface area contributed by atoms with Gasteiger partial charge in [0.25, 0.3) is 0 Å². The highest BCUT2D eigenvalue weighted by molar-refractivity contribution is 14.1. The Morgan fingerprint density at radius 1 is 0.783 bits per heavy atom. The van der Waals surface area contributed by atoms with Gasteiger partial charge in [0.1, 0.15) is 5.75 Å². The molecule has 0 amide bonds. The van der Waals surface area contributed by atoms with E-state index in [-0.39, 0.29) is 0 Å². The first kappa shape index (κ1) is 20.8. The van der Waals surface area contributed by atoms with E-state index in [0.29, 0.717) is 6.10 Å². The fraction of sp³-hybridized carbons (Fsp3) is 0.714. The largest absolute Gasteiger partial charge is 0.491 e. The van der Waals surface area contributed by atoms with E-state index >= 15 is 0 Å². The van der Waals surface area contributed by atoms with Gasteiger partial charge in [-0.15, -0.1) is 0 Å². The maximum Gasteiger partial charge on any atom is 0.119 e. The lowest BCUT2D eigenvalue weighted by Crippen LogP contribution is -2.11. The van der Waals surface area contributed by atoms with Gasteiger partial charge in [0.05, 0.1) is 6.10 Å². The van der Waals surface area contributed by atoms with Crippen LogP contribution in [0.4, 0.5) is 0 Å². The first-order chi connectivity index (χ1) is 11.2. The van der Waals surface area contributed by atoms with Gasteiger partial charge >= 0.3 is 0 Å². The quantitative estimate of drug-likeness (QED) is 0.216. The van der Waals surface area contributed by atoms with Crippen molar-refractivity contribution >= 4 is 22.6 Å². The van der Waals surface area contributed by atoms with E-state index < -0.39 is 0 Å². The molecule has 1 aromatic carbocycles. The maximum absolute atomic E-state index is 5.96. The third-order valence-corrected chi connectivity index (χ3v) is 5.08. The highest BCUT2D eigenvalue weighted by Crippen LogP contribution is 2.18. The predicted molar refractivity (Wildman–Crippen MR) is 110 cm³/mol. The highest BCUT2D eigenvalue weighted by atomic mass is 127. The summed E-state index contributed by atoms with van der Waals surface area (Å²) in [5.74, 6) is 1.00. The van der Waals surface area contributed by atoms with Crippen molar-refractivity contribution in [2.75, 3.05) is 0 Å². The number of halogens is 1. The molecule has 0 N–H and O–H groups in total. The van der Waals surface area contributed by atoms with Crippen molar-refractivity contribution in [2.24, 2.45) is 0 Å². The van der Waals surface area contributed by atoms with E-state index in [1.807, 2.05) is 0 Å². The van der Waals surface area contributed by atoms with Crippen LogP contribution < -0.4 is 4.74 Å². The molecule has 0 spiro atoms. The van der Waals surface area contributed by atoms with Crippen LogP contribution in [-0.2, 0) is 0 Å². The molecule has 2 heteroatoms. The van der Waals surface area contributed by atoms with Gasteiger partial charge < -0.3 is 4.74 Å². The van der Waals surface area contributed by atoms with E-state index in [2.05, 4.69) is 60.7 Å². The molecular formula is C21H35IO. The third-order valence-electron chi connectivity index (χ3n) is 4.37. The summed E-state index contributed by atoms with van der Waals surface area (Å²) < 4.78 is 7.22. The molecule has 132 valence electrons. The van der Waals surface area contributed by atoms with Crippen molar-refractivity contribution in [3.8, 4) is 5.75 Å². The van der Waals surface area contributed by atoms with E-state index in [1.54, 1.807) is 0 Å². The molecular weight excluding hydrogens is 395 g/mol. The molecule has 0 radical (unpaired) electrons. The van der Waals surface area contributed by atoms with Gasteiger partial charge in [-0.25, -0.2) is 0 Å². The number of benzene rings is 1. The summed E-state index contributed by atoms with van der Waals surface area (Å²) in [5, 5.41) is 0. The molecule has 0 heterocycles. The minimum atomic E-state index is 0.327. The SMILES string of the molecule is CCCCCCCCCCCCCC(C)Oc1ccc(I)cc1. The average molecular weight is 430 g/mol. The van der Waals surface area contributed by atoms with E-state index in [9.17, 15) is 0 Å². The first-order valence-electron chi connectivity index (χ1n) is 9.64. The molecule has 0 aliphatic rings. The molecule has 0 aromatic heterocycles. The summed E-state index contributed by atoms with van der Waals surface area (Å²) in [5.41, 5.74) is 0. The van der Waals surface area contributed by atoms with E-state index in [4.69, 9.17) is 4.74 Å². The van der Waals surface area contributed by atoms with Crippen LogP contribution in [0.3, 0.4) is 0 Å². The number of unbranched alkanes of at least 4 members (excludes halogenated alkanes) is 10. The third kappa shape index (κ3) is 11.9. The molecule has 1 unspecified atom stereocenters. The highest BCUT2D eigenvalue weighted by Gasteiger charge is 2.03. The van der Waals surface area contributed by atoms with Crippen molar-refractivity contribution < 1.29 is 4.74 Å². The fourth-order valence-corrected chi connectivity index (χ4v) is 3.26. The average Bonchev–Trinajstić information content (AvgIpc) is 2.55. The van der Waals surface area contributed by atoms with Crippen molar-refractivity contribution in [1.82, 2.24) is 0 Å². The van der Waals surface area contributed by atoms with Crippen LogP contribution in [0.15, 0.2) is 24.3 Å². The molecule has 23 heavy (non-hydrogen) atoms. The second-order valence-corrected chi connectivity index (χ2v) is 7.95. The minimum Gasteiger partial charge on any atom is -0.491 e. The Morgan fingerprint density at radius 3 is 1.78 bits per heavy atom. The number of hydrogen-bond acceptors (Lipinski definition) is 1. The first-order valence-corrected chi connectivity index (χ1v) is 10.7. The van der Waals surface area contributed by atoms with Crippen molar-refractivity contribution in [3.63, 3.8) is 0 Å². The summed E-state index contributed by atoms with van der Waals surface area (Å²) >= 11 is 2.32. The van der Waals surface area contributed by atoms with E-state index in [1.165, 1.54) is 80.6 Å². The summed E-state index contributed by atoms with van der Waals surface area (Å²) in [4.78, 5) is 0.